The van der Waals surface area contributed by atoms with E-state index in [1.165, 1.54) is 31.2 Å². The summed E-state index contributed by atoms with van der Waals surface area (Å²) in [5.74, 6) is -0.0648. The van der Waals surface area contributed by atoms with E-state index < -0.39 is 0 Å². The molecular formula is C17H28FN. The third-order valence-corrected chi connectivity index (χ3v) is 3.66. The molecule has 1 aromatic carbocycles. The lowest BCUT2D eigenvalue weighted by Crippen LogP contribution is -2.21. The molecular weight excluding hydrogens is 237 g/mol. The van der Waals surface area contributed by atoms with Crippen molar-refractivity contribution in [3.63, 3.8) is 0 Å². The number of hydrogen-bond donors (Lipinski definition) is 1. The molecule has 108 valence electrons. The minimum absolute atomic E-state index is 0.0648. The lowest BCUT2D eigenvalue weighted by atomic mass is 9.96. The van der Waals surface area contributed by atoms with Crippen LogP contribution in [0, 0.1) is 19.7 Å². The number of nitrogens with one attached hydrogen (secondary N) is 1. The zero-order valence-corrected chi connectivity index (χ0v) is 12.9. The molecule has 1 rings (SSSR count). The van der Waals surface area contributed by atoms with E-state index in [2.05, 4.69) is 19.2 Å². The van der Waals surface area contributed by atoms with Crippen LogP contribution in [-0.4, -0.2) is 6.54 Å². The highest BCUT2D eigenvalue weighted by molar-refractivity contribution is 5.32. The number of hydrogen-bond acceptors (Lipinski definition) is 1. The molecule has 19 heavy (non-hydrogen) atoms. The van der Waals surface area contributed by atoms with Crippen molar-refractivity contribution >= 4 is 0 Å². The number of rotatable bonds is 8. The van der Waals surface area contributed by atoms with Crippen LogP contribution in [0.4, 0.5) is 4.39 Å². The normalized spacial score (nSPS) is 12.7. The Bertz CT molecular complexity index is 364. The molecule has 0 heterocycles. The van der Waals surface area contributed by atoms with E-state index in [9.17, 15) is 4.39 Å². The molecule has 0 aliphatic carbocycles. The van der Waals surface area contributed by atoms with Gasteiger partial charge in [-0.05, 0) is 43.5 Å². The second kappa shape index (κ2) is 8.31. The van der Waals surface area contributed by atoms with Crippen molar-refractivity contribution in [2.75, 3.05) is 6.54 Å². The van der Waals surface area contributed by atoms with Gasteiger partial charge in [-0.3, -0.25) is 0 Å². The Kier molecular flexibility index (Phi) is 7.07. The van der Waals surface area contributed by atoms with Crippen molar-refractivity contribution in [1.82, 2.24) is 5.32 Å². The van der Waals surface area contributed by atoms with Gasteiger partial charge in [0.1, 0.15) is 5.82 Å². The van der Waals surface area contributed by atoms with Gasteiger partial charge >= 0.3 is 0 Å². The van der Waals surface area contributed by atoms with Crippen molar-refractivity contribution in [3.8, 4) is 0 Å². The van der Waals surface area contributed by atoms with Crippen LogP contribution in [-0.2, 0) is 0 Å². The third-order valence-electron chi connectivity index (χ3n) is 3.66. The van der Waals surface area contributed by atoms with Crippen LogP contribution in [0.25, 0.3) is 0 Å². The van der Waals surface area contributed by atoms with Gasteiger partial charge in [0.15, 0.2) is 0 Å². The molecule has 0 fully saturated rings. The Morgan fingerprint density at radius 2 is 1.68 bits per heavy atom. The lowest BCUT2D eigenvalue weighted by Gasteiger charge is -2.20. The van der Waals surface area contributed by atoms with Crippen molar-refractivity contribution in [3.05, 3.63) is 34.6 Å². The van der Waals surface area contributed by atoms with Gasteiger partial charge in [0, 0.05) is 6.04 Å². The predicted octanol–water partition coefficient (Wildman–Crippen LogP) is 5.06. The van der Waals surface area contributed by atoms with E-state index in [0.717, 1.165) is 24.1 Å². The number of halogens is 1. The minimum Gasteiger partial charge on any atom is -0.310 e. The summed E-state index contributed by atoms with van der Waals surface area (Å²) in [7, 11) is 0. The molecule has 0 saturated carbocycles. The maximum absolute atomic E-state index is 13.7. The fourth-order valence-electron chi connectivity index (χ4n) is 2.59. The molecule has 1 nitrogen and oxygen atoms in total. The maximum Gasteiger partial charge on any atom is 0.129 e. The third kappa shape index (κ3) is 4.94. The number of aryl methyl sites for hydroxylation is 2. The number of unbranched alkanes of at least 4 members (excludes halogenated alkanes) is 3. The summed E-state index contributed by atoms with van der Waals surface area (Å²) in [6.07, 6.45) is 6.23. The summed E-state index contributed by atoms with van der Waals surface area (Å²) < 4.78 is 13.7. The summed E-state index contributed by atoms with van der Waals surface area (Å²) in [5, 5.41) is 3.53. The van der Waals surface area contributed by atoms with Crippen LogP contribution in [0.1, 0.15) is 68.7 Å². The van der Waals surface area contributed by atoms with Gasteiger partial charge in [0.25, 0.3) is 0 Å². The van der Waals surface area contributed by atoms with Crippen LogP contribution in [0.5, 0.6) is 0 Å². The molecule has 0 spiro atoms. The molecule has 1 N–H and O–H groups in total. The van der Waals surface area contributed by atoms with Crippen molar-refractivity contribution < 1.29 is 4.39 Å². The minimum atomic E-state index is -0.0648. The quantitative estimate of drug-likeness (QED) is 0.647. The fraction of sp³-hybridized carbons (Fsp3) is 0.647. The van der Waals surface area contributed by atoms with Gasteiger partial charge in [-0.15, -0.1) is 0 Å². The molecule has 0 aliphatic rings. The average molecular weight is 265 g/mol. The van der Waals surface area contributed by atoms with Gasteiger partial charge in [-0.2, -0.15) is 0 Å². The Balaban J connectivity index is 2.74. The monoisotopic (exact) mass is 265 g/mol. The summed E-state index contributed by atoms with van der Waals surface area (Å²) in [6, 6.07) is 4.35. The van der Waals surface area contributed by atoms with Gasteiger partial charge in [0.05, 0.1) is 0 Å². The first-order chi connectivity index (χ1) is 9.10. The molecule has 0 amide bonds. The first-order valence-electron chi connectivity index (χ1n) is 7.60. The van der Waals surface area contributed by atoms with Gasteiger partial charge < -0.3 is 5.32 Å². The molecule has 2 heteroatoms. The molecule has 1 aromatic rings. The van der Waals surface area contributed by atoms with Gasteiger partial charge in [-0.25, -0.2) is 4.39 Å². The summed E-state index contributed by atoms with van der Waals surface area (Å²) in [6.45, 7) is 9.02. The van der Waals surface area contributed by atoms with E-state index in [1.54, 1.807) is 0 Å². The van der Waals surface area contributed by atoms with E-state index in [-0.39, 0.29) is 5.82 Å². The first-order valence-corrected chi connectivity index (χ1v) is 7.60. The van der Waals surface area contributed by atoms with E-state index in [4.69, 9.17) is 0 Å². The number of benzene rings is 1. The first kappa shape index (κ1) is 16.2. The Morgan fingerprint density at radius 1 is 1.05 bits per heavy atom. The molecule has 0 saturated heterocycles. The Morgan fingerprint density at radius 3 is 2.21 bits per heavy atom. The molecule has 0 aromatic heterocycles. The van der Waals surface area contributed by atoms with Gasteiger partial charge in [-0.1, -0.05) is 51.7 Å². The maximum atomic E-state index is 13.7. The van der Waals surface area contributed by atoms with E-state index >= 15 is 0 Å². The summed E-state index contributed by atoms with van der Waals surface area (Å²) in [4.78, 5) is 0. The smallest absolute Gasteiger partial charge is 0.129 e. The zero-order chi connectivity index (χ0) is 14.3. The highest BCUT2D eigenvalue weighted by Gasteiger charge is 2.13. The lowest BCUT2D eigenvalue weighted by molar-refractivity contribution is 0.480. The van der Waals surface area contributed by atoms with Crippen molar-refractivity contribution in [2.45, 2.75) is 65.8 Å². The Hall–Kier alpha value is -0.890. The van der Waals surface area contributed by atoms with E-state index in [0.29, 0.717) is 6.04 Å². The zero-order valence-electron chi connectivity index (χ0n) is 12.9. The van der Waals surface area contributed by atoms with Crippen LogP contribution in [0.3, 0.4) is 0 Å². The summed E-state index contributed by atoms with van der Waals surface area (Å²) >= 11 is 0. The van der Waals surface area contributed by atoms with E-state index in [1.807, 2.05) is 26.0 Å². The standard InChI is InChI=1S/C17H28FN/c1-5-7-8-9-10-16(19-6-2)15-11-13(3)17(18)14(4)12-15/h11-12,16,19H,5-10H2,1-4H3. The SMILES string of the molecule is CCCCCCC(NCC)c1cc(C)c(F)c(C)c1. The molecule has 0 radical (unpaired) electrons. The molecule has 0 bridgehead atoms. The fourth-order valence-corrected chi connectivity index (χ4v) is 2.59. The highest BCUT2D eigenvalue weighted by atomic mass is 19.1. The molecule has 1 atom stereocenters. The second-order valence-corrected chi connectivity index (χ2v) is 5.43. The average Bonchev–Trinajstić information content (AvgIpc) is 2.39. The second-order valence-electron chi connectivity index (χ2n) is 5.43. The van der Waals surface area contributed by atoms with Crippen molar-refractivity contribution in [2.24, 2.45) is 0 Å². The highest BCUT2D eigenvalue weighted by Crippen LogP contribution is 2.24. The van der Waals surface area contributed by atoms with Crippen LogP contribution in [0.2, 0.25) is 0 Å². The molecule has 0 aliphatic heterocycles. The van der Waals surface area contributed by atoms with Gasteiger partial charge in [0.2, 0.25) is 0 Å². The topological polar surface area (TPSA) is 12.0 Å². The largest absolute Gasteiger partial charge is 0.310 e. The van der Waals surface area contributed by atoms with Crippen molar-refractivity contribution in [1.29, 1.82) is 0 Å². The predicted molar refractivity (Wildman–Crippen MR) is 81.1 cm³/mol. The molecule has 1 unspecified atom stereocenters. The van der Waals surface area contributed by atoms with Crippen LogP contribution in [0.15, 0.2) is 12.1 Å². The van der Waals surface area contributed by atoms with Crippen LogP contribution < -0.4 is 5.32 Å². The Labute approximate surface area is 117 Å². The summed E-state index contributed by atoms with van der Waals surface area (Å²) in [5.41, 5.74) is 2.74. The van der Waals surface area contributed by atoms with Crippen LogP contribution >= 0.6 is 0 Å².